The lowest BCUT2D eigenvalue weighted by atomic mass is 10.1. The van der Waals surface area contributed by atoms with Gasteiger partial charge in [0.1, 0.15) is 0 Å². The number of nitrogens with zero attached hydrogens (tertiary/aromatic N) is 2. The molecule has 1 aromatic carbocycles. The van der Waals surface area contributed by atoms with Crippen molar-refractivity contribution in [1.29, 1.82) is 0 Å². The number of anilines is 1. The lowest BCUT2D eigenvalue weighted by molar-refractivity contribution is -0.119. The van der Waals surface area contributed by atoms with Gasteiger partial charge in [0.25, 0.3) is 5.89 Å². The Morgan fingerprint density at radius 3 is 2.85 bits per heavy atom. The molecule has 104 valence electrons. The normalized spacial score (nSPS) is 15.4. The predicted octanol–water partition coefficient (Wildman–Crippen LogP) is 3.17. The number of aryl methyl sites for hydroxylation is 1. The van der Waals surface area contributed by atoms with Crippen LogP contribution < -0.4 is 5.32 Å². The average Bonchev–Trinajstić information content (AvgIpc) is 3.10. The number of hydrogen-bond donors (Lipinski definition) is 1. The van der Waals surface area contributed by atoms with Crippen LogP contribution in [0, 0.1) is 12.8 Å². The molecule has 0 bridgehead atoms. The average molecular weight is 271 g/mol. The largest absolute Gasteiger partial charge is 0.334 e. The van der Waals surface area contributed by atoms with Gasteiger partial charge in [0, 0.05) is 17.2 Å². The summed E-state index contributed by atoms with van der Waals surface area (Å²) in [6.07, 6.45) is 4.29. The van der Waals surface area contributed by atoms with E-state index in [4.69, 9.17) is 4.52 Å². The SMILES string of the molecule is Cc1noc(-c2cccc(NC(=O)C3CCCC3)c2)n1. The van der Waals surface area contributed by atoms with E-state index in [0.717, 1.165) is 36.9 Å². The summed E-state index contributed by atoms with van der Waals surface area (Å²) in [5, 5.41) is 6.75. The van der Waals surface area contributed by atoms with E-state index in [1.165, 1.54) is 0 Å². The maximum absolute atomic E-state index is 12.1. The highest BCUT2D eigenvalue weighted by molar-refractivity contribution is 5.93. The van der Waals surface area contributed by atoms with Gasteiger partial charge in [0.15, 0.2) is 5.82 Å². The molecule has 1 aromatic heterocycles. The van der Waals surface area contributed by atoms with Gasteiger partial charge in [-0.25, -0.2) is 0 Å². The number of hydrogen-bond acceptors (Lipinski definition) is 4. The molecule has 1 aliphatic carbocycles. The molecule has 0 unspecified atom stereocenters. The van der Waals surface area contributed by atoms with Gasteiger partial charge in [-0.15, -0.1) is 0 Å². The summed E-state index contributed by atoms with van der Waals surface area (Å²) in [5.74, 6) is 1.34. The molecule has 1 aliphatic rings. The quantitative estimate of drug-likeness (QED) is 0.931. The van der Waals surface area contributed by atoms with Gasteiger partial charge in [0.2, 0.25) is 5.91 Å². The van der Waals surface area contributed by atoms with Crippen molar-refractivity contribution in [2.24, 2.45) is 5.92 Å². The first-order valence-corrected chi connectivity index (χ1v) is 6.94. The molecule has 0 spiro atoms. The Kier molecular flexibility index (Phi) is 3.50. The van der Waals surface area contributed by atoms with Crippen LogP contribution in [-0.2, 0) is 4.79 Å². The molecule has 1 saturated carbocycles. The van der Waals surface area contributed by atoms with Crippen LogP contribution in [0.25, 0.3) is 11.5 Å². The van der Waals surface area contributed by atoms with Crippen LogP contribution in [-0.4, -0.2) is 16.0 Å². The molecule has 0 saturated heterocycles. The third-order valence-electron chi connectivity index (χ3n) is 3.63. The van der Waals surface area contributed by atoms with Crippen LogP contribution >= 0.6 is 0 Å². The smallest absolute Gasteiger partial charge is 0.257 e. The van der Waals surface area contributed by atoms with E-state index in [0.29, 0.717) is 11.7 Å². The molecule has 0 radical (unpaired) electrons. The maximum Gasteiger partial charge on any atom is 0.257 e. The Bertz CT molecular complexity index is 615. The van der Waals surface area contributed by atoms with E-state index in [1.54, 1.807) is 6.92 Å². The van der Waals surface area contributed by atoms with Crippen molar-refractivity contribution < 1.29 is 9.32 Å². The highest BCUT2D eigenvalue weighted by atomic mass is 16.5. The van der Waals surface area contributed by atoms with Gasteiger partial charge in [-0.2, -0.15) is 4.98 Å². The molecule has 5 heteroatoms. The molecule has 2 aromatic rings. The first kappa shape index (κ1) is 12.8. The number of aromatic nitrogens is 2. The lowest BCUT2D eigenvalue weighted by Crippen LogP contribution is -2.20. The van der Waals surface area contributed by atoms with Crippen molar-refractivity contribution in [3.8, 4) is 11.5 Å². The maximum atomic E-state index is 12.1. The molecule has 1 heterocycles. The van der Waals surface area contributed by atoms with Crippen LogP contribution in [0.2, 0.25) is 0 Å². The third kappa shape index (κ3) is 2.71. The van der Waals surface area contributed by atoms with Crippen LogP contribution in [0.3, 0.4) is 0 Å². The molecule has 1 amide bonds. The minimum absolute atomic E-state index is 0.112. The first-order valence-electron chi connectivity index (χ1n) is 6.94. The van der Waals surface area contributed by atoms with E-state index < -0.39 is 0 Å². The fourth-order valence-electron chi connectivity index (χ4n) is 2.58. The van der Waals surface area contributed by atoms with E-state index in [2.05, 4.69) is 15.5 Å². The molecule has 1 fully saturated rings. The summed E-state index contributed by atoms with van der Waals surface area (Å²) in [6.45, 7) is 1.78. The number of rotatable bonds is 3. The molecule has 0 atom stereocenters. The fraction of sp³-hybridized carbons (Fsp3) is 0.400. The van der Waals surface area contributed by atoms with Crippen molar-refractivity contribution in [2.75, 3.05) is 5.32 Å². The summed E-state index contributed by atoms with van der Waals surface area (Å²) in [7, 11) is 0. The van der Waals surface area contributed by atoms with Crippen LogP contribution in [0.15, 0.2) is 28.8 Å². The molecule has 3 rings (SSSR count). The third-order valence-corrected chi connectivity index (χ3v) is 3.63. The number of carbonyl (C=O) groups is 1. The Labute approximate surface area is 117 Å². The van der Waals surface area contributed by atoms with Crippen LogP contribution in [0.4, 0.5) is 5.69 Å². The van der Waals surface area contributed by atoms with Gasteiger partial charge in [-0.05, 0) is 38.0 Å². The highest BCUT2D eigenvalue weighted by Gasteiger charge is 2.22. The van der Waals surface area contributed by atoms with Crippen molar-refractivity contribution >= 4 is 11.6 Å². The minimum atomic E-state index is 0.112. The molecule has 5 nitrogen and oxygen atoms in total. The van der Waals surface area contributed by atoms with E-state index >= 15 is 0 Å². The Morgan fingerprint density at radius 2 is 2.15 bits per heavy atom. The first-order chi connectivity index (χ1) is 9.72. The van der Waals surface area contributed by atoms with E-state index in [9.17, 15) is 4.79 Å². The minimum Gasteiger partial charge on any atom is -0.334 e. The van der Waals surface area contributed by atoms with Gasteiger partial charge in [-0.1, -0.05) is 24.1 Å². The monoisotopic (exact) mass is 271 g/mol. The zero-order valence-electron chi connectivity index (χ0n) is 11.4. The van der Waals surface area contributed by atoms with Gasteiger partial charge in [0.05, 0.1) is 0 Å². The zero-order valence-corrected chi connectivity index (χ0v) is 11.4. The highest BCUT2D eigenvalue weighted by Crippen LogP contribution is 2.27. The molecule has 1 N–H and O–H groups in total. The molecule has 0 aliphatic heterocycles. The van der Waals surface area contributed by atoms with Crippen LogP contribution in [0.5, 0.6) is 0 Å². The number of carbonyl (C=O) groups excluding carboxylic acids is 1. The van der Waals surface area contributed by atoms with Gasteiger partial charge >= 0.3 is 0 Å². The van der Waals surface area contributed by atoms with Crippen LogP contribution in [0.1, 0.15) is 31.5 Å². The number of amides is 1. The van der Waals surface area contributed by atoms with Gasteiger partial charge in [-0.3, -0.25) is 4.79 Å². The zero-order chi connectivity index (χ0) is 13.9. The van der Waals surface area contributed by atoms with Crippen molar-refractivity contribution in [3.05, 3.63) is 30.1 Å². The standard InChI is InChI=1S/C15H17N3O2/c1-10-16-15(20-18-10)12-7-4-8-13(9-12)17-14(19)11-5-2-3-6-11/h4,7-9,11H,2-3,5-6H2,1H3,(H,17,19). The second-order valence-electron chi connectivity index (χ2n) is 5.20. The summed E-state index contributed by atoms with van der Waals surface area (Å²) in [5.41, 5.74) is 1.59. The Morgan fingerprint density at radius 1 is 1.35 bits per heavy atom. The Balaban J connectivity index is 1.75. The van der Waals surface area contributed by atoms with E-state index in [1.807, 2.05) is 24.3 Å². The second kappa shape index (κ2) is 5.45. The molecule has 20 heavy (non-hydrogen) atoms. The Hall–Kier alpha value is -2.17. The van der Waals surface area contributed by atoms with Crippen molar-refractivity contribution in [1.82, 2.24) is 10.1 Å². The lowest BCUT2D eigenvalue weighted by Gasteiger charge is -2.10. The number of benzene rings is 1. The summed E-state index contributed by atoms with van der Waals surface area (Å²) in [4.78, 5) is 16.3. The second-order valence-corrected chi connectivity index (χ2v) is 5.20. The van der Waals surface area contributed by atoms with Crippen molar-refractivity contribution in [2.45, 2.75) is 32.6 Å². The van der Waals surface area contributed by atoms with Crippen molar-refractivity contribution in [3.63, 3.8) is 0 Å². The summed E-state index contributed by atoms with van der Waals surface area (Å²) in [6, 6.07) is 7.50. The predicted molar refractivity (Wildman–Crippen MR) is 75.1 cm³/mol. The van der Waals surface area contributed by atoms with E-state index in [-0.39, 0.29) is 11.8 Å². The fourth-order valence-corrected chi connectivity index (χ4v) is 2.58. The summed E-state index contributed by atoms with van der Waals surface area (Å²) < 4.78 is 5.14. The molecular formula is C15H17N3O2. The topological polar surface area (TPSA) is 68.0 Å². The van der Waals surface area contributed by atoms with Gasteiger partial charge < -0.3 is 9.84 Å². The molecular weight excluding hydrogens is 254 g/mol. The number of nitrogens with one attached hydrogen (secondary N) is 1. The summed E-state index contributed by atoms with van der Waals surface area (Å²) >= 11 is 0.